The minimum absolute atomic E-state index is 0.120. The molecule has 22 heavy (non-hydrogen) atoms. The number of rotatable bonds is 6. The molecular formula is C13H15N3O4S2. The highest BCUT2D eigenvalue weighted by molar-refractivity contribution is 7.89. The summed E-state index contributed by atoms with van der Waals surface area (Å²) in [6.45, 7) is 1.88. The number of nitro benzene ring substituents is 1. The molecule has 0 amide bonds. The number of hydrogen-bond donors (Lipinski definition) is 2. The summed E-state index contributed by atoms with van der Waals surface area (Å²) in [4.78, 5) is 11.5. The Morgan fingerprint density at radius 3 is 2.59 bits per heavy atom. The lowest BCUT2D eigenvalue weighted by atomic mass is 10.2. The van der Waals surface area contributed by atoms with Gasteiger partial charge in [0.15, 0.2) is 0 Å². The second-order valence-electron chi connectivity index (χ2n) is 4.53. The van der Waals surface area contributed by atoms with E-state index in [2.05, 4.69) is 10.0 Å². The summed E-state index contributed by atoms with van der Waals surface area (Å²) in [5.41, 5.74) is 0.000634. The van der Waals surface area contributed by atoms with Crippen LogP contribution in [0.15, 0.2) is 40.6 Å². The van der Waals surface area contributed by atoms with Gasteiger partial charge < -0.3 is 5.32 Å². The van der Waals surface area contributed by atoms with Crippen molar-refractivity contribution in [3.8, 4) is 0 Å². The average Bonchev–Trinajstić information content (AvgIpc) is 3.01. The Kier molecular flexibility index (Phi) is 4.79. The summed E-state index contributed by atoms with van der Waals surface area (Å²) in [5.74, 6) is 0. The standard InChI is InChI=1S/C13H15N3O4S2/c1-9(13-4-3-7-21-13)15-11-6-5-10(22(19,20)14-2)8-12(11)16(17)18/h3-9,14-15H,1-2H3/t9-/m1/s1. The van der Waals surface area contributed by atoms with Crippen LogP contribution in [-0.2, 0) is 10.0 Å². The second-order valence-corrected chi connectivity index (χ2v) is 7.39. The van der Waals surface area contributed by atoms with E-state index < -0.39 is 14.9 Å². The predicted octanol–water partition coefficient (Wildman–Crippen LogP) is 2.74. The summed E-state index contributed by atoms with van der Waals surface area (Å²) in [6.07, 6.45) is 0. The van der Waals surface area contributed by atoms with Crippen molar-refractivity contribution in [3.63, 3.8) is 0 Å². The normalized spacial score (nSPS) is 12.8. The molecule has 0 aliphatic rings. The largest absolute Gasteiger partial charge is 0.372 e. The molecule has 1 atom stereocenters. The van der Waals surface area contributed by atoms with Gasteiger partial charge in [-0.15, -0.1) is 11.3 Å². The average molecular weight is 341 g/mol. The predicted molar refractivity (Wildman–Crippen MR) is 85.7 cm³/mol. The van der Waals surface area contributed by atoms with E-state index in [1.54, 1.807) is 0 Å². The zero-order chi connectivity index (χ0) is 16.3. The van der Waals surface area contributed by atoms with Gasteiger partial charge in [-0.25, -0.2) is 13.1 Å². The smallest absolute Gasteiger partial charge is 0.293 e. The monoisotopic (exact) mass is 341 g/mol. The number of nitrogens with zero attached hydrogens (tertiary/aromatic N) is 1. The molecule has 2 aromatic rings. The van der Waals surface area contributed by atoms with E-state index in [9.17, 15) is 18.5 Å². The Morgan fingerprint density at radius 2 is 2.05 bits per heavy atom. The molecule has 0 aliphatic carbocycles. The van der Waals surface area contributed by atoms with Crippen molar-refractivity contribution in [2.24, 2.45) is 0 Å². The van der Waals surface area contributed by atoms with E-state index in [0.717, 1.165) is 10.9 Å². The second kappa shape index (κ2) is 6.42. The minimum Gasteiger partial charge on any atom is -0.372 e. The molecule has 0 unspecified atom stereocenters. The molecule has 0 saturated carbocycles. The third-order valence-corrected chi connectivity index (χ3v) is 5.55. The molecule has 2 N–H and O–H groups in total. The summed E-state index contributed by atoms with van der Waals surface area (Å²) < 4.78 is 25.6. The Labute approximate surface area is 132 Å². The zero-order valence-electron chi connectivity index (χ0n) is 11.9. The van der Waals surface area contributed by atoms with E-state index >= 15 is 0 Å². The van der Waals surface area contributed by atoms with E-state index in [1.165, 1.54) is 30.5 Å². The maximum atomic E-state index is 11.7. The van der Waals surface area contributed by atoms with Crippen LogP contribution < -0.4 is 10.0 Å². The maximum absolute atomic E-state index is 11.7. The van der Waals surface area contributed by atoms with Gasteiger partial charge in [0.25, 0.3) is 5.69 Å². The van der Waals surface area contributed by atoms with Crippen LogP contribution in [0.25, 0.3) is 0 Å². The molecule has 0 aliphatic heterocycles. The summed E-state index contributed by atoms with van der Waals surface area (Å²) in [6, 6.07) is 7.50. The number of thiophene rings is 1. The van der Waals surface area contributed by atoms with Gasteiger partial charge in [0.1, 0.15) is 5.69 Å². The van der Waals surface area contributed by atoms with Crippen molar-refractivity contribution in [1.82, 2.24) is 4.72 Å². The van der Waals surface area contributed by atoms with Crippen molar-refractivity contribution < 1.29 is 13.3 Å². The number of anilines is 1. The summed E-state index contributed by atoms with van der Waals surface area (Å²) in [5, 5.41) is 16.2. The fraction of sp³-hybridized carbons (Fsp3) is 0.231. The van der Waals surface area contributed by atoms with Gasteiger partial charge in [0.2, 0.25) is 10.0 Å². The Hall–Kier alpha value is -1.97. The molecule has 0 spiro atoms. The Morgan fingerprint density at radius 1 is 1.32 bits per heavy atom. The molecule has 0 radical (unpaired) electrons. The van der Waals surface area contributed by atoms with Crippen LogP contribution >= 0.6 is 11.3 Å². The Bertz CT molecular complexity index is 773. The van der Waals surface area contributed by atoms with Gasteiger partial charge in [0.05, 0.1) is 15.9 Å². The van der Waals surface area contributed by atoms with Gasteiger partial charge in [0, 0.05) is 10.9 Å². The highest BCUT2D eigenvalue weighted by atomic mass is 32.2. The minimum atomic E-state index is -3.72. The van der Waals surface area contributed by atoms with E-state index in [-0.39, 0.29) is 22.3 Å². The van der Waals surface area contributed by atoms with E-state index in [0.29, 0.717) is 0 Å². The van der Waals surface area contributed by atoms with Gasteiger partial charge in [-0.05, 0) is 37.6 Å². The van der Waals surface area contributed by atoms with Crippen molar-refractivity contribution in [3.05, 3.63) is 50.7 Å². The number of sulfonamides is 1. The van der Waals surface area contributed by atoms with Gasteiger partial charge in [-0.3, -0.25) is 10.1 Å². The summed E-state index contributed by atoms with van der Waals surface area (Å²) >= 11 is 1.54. The first-order valence-corrected chi connectivity index (χ1v) is 8.73. The first-order valence-electron chi connectivity index (χ1n) is 6.37. The number of nitrogens with one attached hydrogen (secondary N) is 2. The molecule has 0 bridgehead atoms. The SMILES string of the molecule is CNS(=O)(=O)c1ccc(N[C@H](C)c2cccs2)c([N+](=O)[O-])c1. The fourth-order valence-corrected chi connectivity index (χ4v) is 3.40. The number of nitro groups is 1. The molecule has 1 aromatic carbocycles. The number of hydrogen-bond acceptors (Lipinski definition) is 6. The number of benzene rings is 1. The molecule has 9 heteroatoms. The van der Waals surface area contributed by atoms with E-state index in [1.807, 2.05) is 24.4 Å². The van der Waals surface area contributed by atoms with Gasteiger partial charge in [-0.1, -0.05) is 6.07 Å². The lowest BCUT2D eigenvalue weighted by molar-refractivity contribution is -0.384. The molecule has 2 rings (SSSR count). The quantitative estimate of drug-likeness (QED) is 0.621. The van der Waals surface area contributed by atoms with Crippen LogP contribution in [0.5, 0.6) is 0 Å². The lowest BCUT2D eigenvalue weighted by Gasteiger charge is -2.14. The highest BCUT2D eigenvalue weighted by Gasteiger charge is 2.21. The van der Waals surface area contributed by atoms with Gasteiger partial charge >= 0.3 is 0 Å². The molecule has 1 heterocycles. The molecule has 0 saturated heterocycles. The molecular weight excluding hydrogens is 326 g/mol. The van der Waals surface area contributed by atoms with Crippen LogP contribution in [0.2, 0.25) is 0 Å². The maximum Gasteiger partial charge on any atom is 0.293 e. The molecule has 0 fully saturated rings. The first-order chi connectivity index (χ1) is 10.3. The molecule has 118 valence electrons. The third kappa shape index (κ3) is 3.43. The van der Waals surface area contributed by atoms with Crippen LogP contribution in [0.1, 0.15) is 17.8 Å². The summed E-state index contributed by atoms with van der Waals surface area (Å²) in [7, 11) is -2.47. The fourth-order valence-electron chi connectivity index (χ4n) is 1.91. The van der Waals surface area contributed by atoms with Gasteiger partial charge in [-0.2, -0.15) is 0 Å². The van der Waals surface area contributed by atoms with Crippen molar-refractivity contribution in [2.45, 2.75) is 17.9 Å². The van der Waals surface area contributed by atoms with E-state index in [4.69, 9.17) is 0 Å². The molecule has 1 aromatic heterocycles. The van der Waals surface area contributed by atoms with Crippen LogP contribution in [0, 0.1) is 10.1 Å². The van der Waals surface area contributed by atoms with Crippen LogP contribution in [0.3, 0.4) is 0 Å². The van der Waals surface area contributed by atoms with Crippen molar-refractivity contribution in [2.75, 3.05) is 12.4 Å². The zero-order valence-corrected chi connectivity index (χ0v) is 13.6. The van der Waals surface area contributed by atoms with Crippen LogP contribution in [0.4, 0.5) is 11.4 Å². The topological polar surface area (TPSA) is 101 Å². The molecule has 7 nitrogen and oxygen atoms in total. The lowest BCUT2D eigenvalue weighted by Crippen LogP contribution is -2.19. The Balaban J connectivity index is 2.38. The van der Waals surface area contributed by atoms with Crippen molar-refractivity contribution in [1.29, 1.82) is 0 Å². The highest BCUT2D eigenvalue weighted by Crippen LogP contribution is 2.31. The first kappa shape index (κ1) is 16.4. The third-order valence-electron chi connectivity index (χ3n) is 3.09. The van der Waals surface area contributed by atoms with Crippen LogP contribution in [-0.4, -0.2) is 20.4 Å². The van der Waals surface area contributed by atoms with Crippen molar-refractivity contribution >= 4 is 32.7 Å².